The molecule has 0 aliphatic rings. The van der Waals surface area contributed by atoms with Gasteiger partial charge in [-0.15, -0.1) is 0 Å². The topological polar surface area (TPSA) is 78.3 Å². The molecule has 0 saturated carbocycles. The Labute approximate surface area is 75.9 Å². The number of esters is 1. The number of carbonyl (C=O) groups is 1. The van der Waals surface area contributed by atoms with Crippen LogP contribution in [0.4, 0.5) is 6.01 Å². The first kappa shape index (κ1) is 9.57. The van der Waals surface area contributed by atoms with E-state index >= 15 is 0 Å². The van der Waals surface area contributed by atoms with Crippen molar-refractivity contribution in [3.05, 3.63) is 11.5 Å². The molecule has 1 heterocycles. The summed E-state index contributed by atoms with van der Waals surface area (Å²) < 4.78 is 9.76. The Morgan fingerprint density at radius 1 is 1.62 bits per heavy atom. The van der Waals surface area contributed by atoms with Crippen LogP contribution in [0, 0.1) is 0 Å². The SMILES string of the molecule is CCOC(=O)c1nc(N)oc1CC. The Kier molecular flexibility index (Phi) is 2.89. The molecule has 0 fully saturated rings. The number of anilines is 1. The lowest BCUT2D eigenvalue weighted by Gasteiger charge is -1.97. The zero-order valence-corrected chi connectivity index (χ0v) is 7.66. The van der Waals surface area contributed by atoms with Gasteiger partial charge in [-0.1, -0.05) is 6.92 Å². The first-order valence-electron chi connectivity index (χ1n) is 4.11. The van der Waals surface area contributed by atoms with E-state index in [0.29, 0.717) is 18.8 Å². The van der Waals surface area contributed by atoms with E-state index in [1.54, 1.807) is 6.92 Å². The van der Waals surface area contributed by atoms with Crippen LogP contribution >= 0.6 is 0 Å². The minimum atomic E-state index is -0.486. The zero-order valence-electron chi connectivity index (χ0n) is 7.66. The number of nitrogens with two attached hydrogens (primary N) is 1. The highest BCUT2D eigenvalue weighted by Crippen LogP contribution is 2.14. The van der Waals surface area contributed by atoms with Crippen molar-refractivity contribution in [2.75, 3.05) is 12.3 Å². The molecule has 0 amide bonds. The van der Waals surface area contributed by atoms with Crippen LogP contribution < -0.4 is 5.73 Å². The predicted octanol–water partition coefficient (Wildman–Crippen LogP) is 0.996. The van der Waals surface area contributed by atoms with Crippen molar-refractivity contribution in [1.29, 1.82) is 0 Å². The van der Waals surface area contributed by atoms with Gasteiger partial charge in [0.2, 0.25) is 0 Å². The summed E-state index contributed by atoms with van der Waals surface area (Å²) in [5.41, 5.74) is 5.49. The highest BCUT2D eigenvalue weighted by Gasteiger charge is 2.18. The van der Waals surface area contributed by atoms with Crippen molar-refractivity contribution in [3.8, 4) is 0 Å². The fraction of sp³-hybridized carbons (Fsp3) is 0.500. The van der Waals surface area contributed by atoms with Gasteiger partial charge in [0, 0.05) is 6.42 Å². The van der Waals surface area contributed by atoms with E-state index in [4.69, 9.17) is 14.9 Å². The Morgan fingerprint density at radius 3 is 2.85 bits per heavy atom. The number of oxazole rings is 1. The average molecular weight is 184 g/mol. The van der Waals surface area contributed by atoms with Crippen LogP contribution in [0.5, 0.6) is 0 Å². The molecule has 0 unspecified atom stereocenters. The van der Waals surface area contributed by atoms with Gasteiger partial charge < -0.3 is 14.9 Å². The number of hydrogen-bond acceptors (Lipinski definition) is 5. The van der Waals surface area contributed by atoms with Crippen molar-refractivity contribution in [1.82, 2.24) is 4.98 Å². The molecule has 0 aliphatic heterocycles. The van der Waals surface area contributed by atoms with E-state index in [-0.39, 0.29) is 11.7 Å². The molecule has 0 saturated heterocycles. The van der Waals surface area contributed by atoms with Crippen LogP contribution in [0.15, 0.2) is 4.42 Å². The van der Waals surface area contributed by atoms with Gasteiger partial charge in [0.1, 0.15) is 5.76 Å². The van der Waals surface area contributed by atoms with E-state index in [2.05, 4.69) is 4.98 Å². The highest BCUT2D eigenvalue weighted by molar-refractivity contribution is 5.88. The Bertz CT molecular complexity index is 306. The van der Waals surface area contributed by atoms with Crippen LogP contribution in [0.25, 0.3) is 0 Å². The van der Waals surface area contributed by atoms with Gasteiger partial charge in [0.05, 0.1) is 6.61 Å². The normalized spacial score (nSPS) is 10.0. The van der Waals surface area contributed by atoms with Crippen molar-refractivity contribution >= 4 is 12.0 Å². The smallest absolute Gasteiger partial charge is 0.360 e. The van der Waals surface area contributed by atoms with Gasteiger partial charge in [-0.3, -0.25) is 0 Å². The molecule has 0 aliphatic carbocycles. The van der Waals surface area contributed by atoms with E-state index < -0.39 is 5.97 Å². The first-order chi connectivity index (χ1) is 6.19. The minimum absolute atomic E-state index is 0.0000898. The van der Waals surface area contributed by atoms with E-state index in [9.17, 15) is 4.79 Å². The maximum Gasteiger partial charge on any atom is 0.360 e. The second kappa shape index (κ2) is 3.93. The average Bonchev–Trinajstić information content (AvgIpc) is 2.47. The maximum absolute atomic E-state index is 11.2. The molecule has 2 N–H and O–H groups in total. The van der Waals surface area contributed by atoms with Crippen LogP contribution in [-0.4, -0.2) is 17.6 Å². The Morgan fingerprint density at radius 2 is 2.31 bits per heavy atom. The van der Waals surface area contributed by atoms with Gasteiger partial charge in [0.15, 0.2) is 5.69 Å². The molecule has 0 atom stereocenters. The minimum Gasteiger partial charge on any atom is -0.461 e. The third-order valence-corrected chi connectivity index (χ3v) is 1.50. The quantitative estimate of drug-likeness (QED) is 0.709. The predicted molar refractivity (Wildman–Crippen MR) is 46.2 cm³/mol. The largest absolute Gasteiger partial charge is 0.461 e. The number of carbonyl (C=O) groups excluding carboxylic acids is 1. The molecule has 5 nitrogen and oxygen atoms in total. The Hall–Kier alpha value is -1.52. The molecule has 1 aromatic heterocycles. The standard InChI is InChI=1S/C8H12N2O3/c1-3-5-6(7(11)12-4-2)10-8(9)13-5/h3-4H2,1-2H3,(H2,9,10). The molecule has 0 bridgehead atoms. The summed E-state index contributed by atoms with van der Waals surface area (Å²) in [6.45, 7) is 3.89. The maximum atomic E-state index is 11.2. The van der Waals surface area contributed by atoms with Crippen molar-refractivity contribution < 1.29 is 13.9 Å². The second-order valence-corrected chi connectivity index (χ2v) is 2.40. The summed E-state index contributed by atoms with van der Waals surface area (Å²) in [5.74, 6) is -0.0178. The monoisotopic (exact) mass is 184 g/mol. The molecule has 1 rings (SSSR count). The molecular weight excluding hydrogens is 172 g/mol. The summed E-state index contributed by atoms with van der Waals surface area (Å²) in [7, 11) is 0. The number of hydrogen-bond donors (Lipinski definition) is 1. The fourth-order valence-corrected chi connectivity index (χ4v) is 0.968. The molecule has 72 valence electrons. The van der Waals surface area contributed by atoms with Gasteiger partial charge >= 0.3 is 5.97 Å². The van der Waals surface area contributed by atoms with Crippen molar-refractivity contribution in [2.45, 2.75) is 20.3 Å². The fourth-order valence-electron chi connectivity index (χ4n) is 0.968. The third kappa shape index (κ3) is 1.99. The summed E-state index contributed by atoms with van der Waals surface area (Å²) in [6, 6.07) is -0.0000898. The lowest BCUT2D eigenvalue weighted by atomic mass is 10.3. The van der Waals surface area contributed by atoms with Gasteiger partial charge in [0.25, 0.3) is 6.01 Å². The van der Waals surface area contributed by atoms with Gasteiger partial charge in [-0.05, 0) is 6.92 Å². The Balaban J connectivity index is 2.91. The van der Waals surface area contributed by atoms with Crippen LogP contribution in [-0.2, 0) is 11.2 Å². The highest BCUT2D eigenvalue weighted by atomic mass is 16.5. The second-order valence-electron chi connectivity index (χ2n) is 2.40. The van der Waals surface area contributed by atoms with Crippen molar-refractivity contribution in [3.63, 3.8) is 0 Å². The molecule has 0 radical (unpaired) electrons. The number of aromatic nitrogens is 1. The number of aryl methyl sites for hydroxylation is 1. The van der Waals surface area contributed by atoms with Crippen LogP contribution in [0.3, 0.4) is 0 Å². The van der Waals surface area contributed by atoms with Gasteiger partial charge in [-0.2, -0.15) is 4.98 Å². The van der Waals surface area contributed by atoms with Crippen LogP contribution in [0.1, 0.15) is 30.1 Å². The number of ether oxygens (including phenoxy) is 1. The van der Waals surface area contributed by atoms with E-state index in [0.717, 1.165) is 0 Å². The van der Waals surface area contributed by atoms with E-state index in [1.807, 2.05) is 6.92 Å². The first-order valence-corrected chi connectivity index (χ1v) is 4.11. The molecule has 0 aromatic carbocycles. The summed E-state index contributed by atoms with van der Waals surface area (Å²) in [4.78, 5) is 15.0. The molecule has 13 heavy (non-hydrogen) atoms. The number of nitrogen functional groups attached to an aromatic ring is 1. The molecule has 1 aromatic rings. The van der Waals surface area contributed by atoms with E-state index in [1.165, 1.54) is 0 Å². The summed E-state index contributed by atoms with van der Waals surface area (Å²) in [5, 5.41) is 0. The molecule has 0 spiro atoms. The third-order valence-electron chi connectivity index (χ3n) is 1.50. The lowest BCUT2D eigenvalue weighted by Crippen LogP contribution is -2.07. The van der Waals surface area contributed by atoms with Gasteiger partial charge in [-0.25, -0.2) is 4.79 Å². The van der Waals surface area contributed by atoms with Crippen LogP contribution in [0.2, 0.25) is 0 Å². The molecular formula is C8H12N2O3. The zero-order chi connectivity index (χ0) is 9.84. The number of nitrogens with zero attached hydrogens (tertiary/aromatic N) is 1. The van der Waals surface area contributed by atoms with Crippen molar-refractivity contribution in [2.24, 2.45) is 0 Å². The lowest BCUT2D eigenvalue weighted by molar-refractivity contribution is 0.0518. The summed E-state index contributed by atoms with van der Waals surface area (Å²) >= 11 is 0. The summed E-state index contributed by atoms with van der Waals surface area (Å²) in [6.07, 6.45) is 0.568. The number of rotatable bonds is 3. The molecule has 5 heteroatoms.